The molecule has 1 aromatic carbocycles. The first kappa shape index (κ1) is 20.0. The number of carbonyl (C=O) groups is 1. The number of benzene rings is 1. The van der Waals surface area contributed by atoms with Crippen molar-refractivity contribution in [3.8, 4) is 22.9 Å². The van der Waals surface area contributed by atoms with Crippen LogP contribution in [0.3, 0.4) is 0 Å². The fraction of sp³-hybridized carbons (Fsp3) is 0.455. The lowest BCUT2D eigenvalue weighted by Gasteiger charge is -2.21. The second-order valence-corrected chi connectivity index (χ2v) is 8.51. The van der Waals surface area contributed by atoms with Gasteiger partial charge in [-0.05, 0) is 45.4 Å². The molecule has 8 heteroatoms. The highest BCUT2D eigenvalue weighted by molar-refractivity contribution is 5.92. The molecule has 0 spiro atoms. The van der Waals surface area contributed by atoms with Gasteiger partial charge in [0.1, 0.15) is 17.4 Å². The first-order valence-corrected chi connectivity index (χ1v) is 10.1. The fourth-order valence-electron chi connectivity index (χ4n) is 3.79. The van der Waals surface area contributed by atoms with Crippen molar-refractivity contribution in [2.24, 2.45) is 13.0 Å². The van der Waals surface area contributed by atoms with Crippen molar-refractivity contribution in [2.75, 3.05) is 6.54 Å². The van der Waals surface area contributed by atoms with Crippen molar-refractivity contribution >= 4 is 16.8 Å². The van der Waals surface area contributed by atoms with Crippen molar-refractivity contribution in [1.82, 2.24) is 24.9 Å². The third-order valence-corrected chi connectivity index (χ3v) is 5.93. The molecular weight excluding hydrogens is 380 g/mol. The highest BCUT2D eigenvalue weighted by Crippen LogP contribution is 2.36. The molecule has 1 aliphatic rings. The quantitative estimate of drug-likeness (QED) is 0.703. The Morgan fingerprint density at radius 1 is 1.37 bits per heavy atom. The Kier molecular flexibility index (Phi) is 4.77. The van der Waals surface area contributed by atoms with Crippen LogP contribution < -0.4 is 10.1 Å². The first-order valence-electron chi connectivity index (χ1n) is 10.1. The van der Waals surface area contributed by atoms with Crippen LogP contribution in [0.2, 0.25) is 0 Å². The summed E-state index contributed by atoms with van der Waals surface area (Å²) in [5.74, 6) is 0.944. The molecule has 1 amide bonds. The van der Waals surface area contributed by atoms with Crippen LogP contribution >= 0.6 is 0 Å². The number of aryl methyl sites for hydroxylation is 2. The van der Waals surface area contributed by atoms with E-state index in [9.17, 15) is 10.1 Å². The van der Waals surface area contributed by atoms with E-state index in [1.807, 2.05) is 57.8 Å². The Morgan fingerprint density at radius 2 is 2.13 bits per heavy atom. The van der Waals surface area contributed by atoms with Crippen molar-refractivity contribution in [1.29, 1.82) is 5.26 Å². The molecule has 1 fully saturated rings. The Balaban J connectivity index is 1.76. The van der Waals surface area contributed by atoms with Gasteiger partial charge in [-0.15, -0.1) is 0 Å². The van der Waals surface area contributed by atoms with Crippen LogP contribution in [0.1, 0.15) is 32.9 Å². The molecule has 0 aliphatic carbocycles. The van der Waals surface area contributed by atoms with Gasteiger partial charge in [0.25, 0.3) is 0 Å². The van der Waals surface area contributed by atoms with Gasteiger partial charge in [-0.1, -0.05) is 0 Å². The average molecular weight is 406 g/mol. The Morgan fingerprint density at radius 3 is 2.80 bits per heavy atom. The number of fused-ring (bicyclic) bond motifs is 1. The van der Waals surface area contributed by atoms with E-state index in [2.05, 4.69) is 21.6 Å². The molecule has 2 atom stereocenters. The largest absolute Gasteiger partial charge is 0.490 e. The lowest BCUT2D eigenvalue weighted by atomic mass is 10.0. The molecule has 0 radical (unpaired) electrons. The van der Waals surface area contributed by atoms with Gasteiger partial charge in [0.05, 0.1) is 23.2 Å². The van der Waals surface area contributed by atoms with Crippen LogP contribution in [0, 0.1) is 24.2 Å². The summed E-state index contributed by atoms with van der Waals surface area (Å²) in [6.45, 7) is 8.29. The number of nitrogens with zero attached hydrogens (tertiary/aromatic N) is 5. The van der Waals surface area contributed by atoms with Crippen LogP contribution in [0.5, 0.6) is 5.75 Å². The Bertz CT molecular complexity index is 1170. The molecule has 8 nitrogen and oxygen atoms in total. The minimum absolute atomic E-state index is 0.0689. The SMILES string of the molecule is Cc1c2c(O[C@H](C)C3CNC(=O)C3)cc(-c3cnn(C(C)(C)C#N)c3)cc2nn1C. The third-order valence-electron chi connectivity index (χ3n) is 5.93. The van der Waals surface area contributed by atoms with Gasteiger partial charge >= 0.3 is 0 Å². The number of hydrogen-bond acceptors (Lipinski definition) is 5. The van der Waals surface area contributed by atoms with Crippen molar-refractivity contribution < 1.29 is 9.53 Å². The van der Waals surface area contributed by atoms with E-state index in [-0.39, 0.29) is 17.9 Å². The molecule has 3 heterocycles. The van der Waals surface area contributed by atoms with E-state index in [1.54, 1.807) is 10.9 Å². The smallest absolute Gasteiger partial charge is 0.220 e. The second-order valence-electron chi connectivity index (χ2n) is 8.51. The van der Waals surface area contributed by atoms with Crippen molar-refractivity contribution in [3.05, 3.63) is 30.2 Å². The predicted molar refractivity (Wildman–Crippen MR) is 113 cm³/mol. The summed E-state index contributed by atoms with van der Waals surface area (Å²) < 4.78 is 9.89. The average Bonchev–Trinajstić information content (AvgIpc) is 3.42. The zero-order valence-electron chi connectivity index (χ0n) is 17.9. The molecule has 1 N–H and O–H groups in total. The van der Waals surface area contributed by atoms with Gasteiger partial charge < -0.3 is 10.1 Å². The molecular formula is C22H26N6O2. The molecule has 1 aliphatic heterocycles. The Hall–Kier alpha value is -3.34. The van der Waals surface area contributed by atoms with Gasteiger partial charge in [0, 0.05) is 43.4 Å². The van der Waals surface area contributed by atoms with Crippen LogP contribution in [0.4, 0.5) is 0 Å². The van der Waals surface area contributed by atoms with E-state index < -0.39 is 5.54 Å². The molecule has 30 heavy (non-hydrogen) atoms. The summed E-state index contributed by atoms with van der Waals surface area (Å²) in [6.07, 6.45) is 3.98. The number of ether oxygens (including phenoxy) is 1. The van der Waals surface area contributed by atoms with E-state index >= 15 is 0 Å². The van der Waals surface area contributed by atoms with Gasteiger partial charge in [-0.25, -0.2) is 0 Å². The van der Waals surface area contributed by atoms with Gasteiger partial charge in [0.2, 0.25) is 5.91 Å². The summed E-state index contributed by atoms with van der Waals surface area (Å²) in [4.78, 5) is 11.6. The minimum Gasteiger partial charge on any atom is -0.490 e. The molecule has 4 rings (SSSR count). The third kappa shape index (κ3) is 3.41. The lowest BCUT2D eigenvalue weighted by molar-refractivity contribution is -0.119. The summed E-state index contributed by atoms with van der Waals surface area (Å²) >= 11 is 0. The number of amides is 1. The number of nitriles is 1. The summed E-state index contributed by atoms with van der Waals surface area (Å²) in [5, 5.41) is 22.3. The number of aromatic nitrogens is 4. The van der Waals surface area contributed by atoms with E-state index in [1.165, 1.54) is 0 Å². The molecule has 0 bridgehead atoms. The molecule has 156 valence electrons. The molecule has 1 unspecified atom stereocenters. The molecule has 0 saturated carbocycles. The van der Waals surface area contributed by atoms with E-state index in [0.717, 1.165) is 33.5 Å². The number of carbonyl (C=O) groups excluding carboxylic acids is 1. The summed E-state index contributed by atoms with van der Waals surface area (Å²) in [6, 6.07) is 6.28. The minimum atomic E-state index is -0.736. The van der Waals surface area contributed by atoms with E-state index in [0.29, 0.717) is 13.0 Å². The van der Waals surface area contributed by atoms with Gasteiger partial charge in [-0.2, -0.15) is 15.5 Å². The highest BCUT2D eigenvalue weighted by Gasteiger charge is 2.29. The van der Waals surface area contributed by atoms with Crippen molar-refractivity contribution in [3.63, 3.8) is 0 Å². The van der Waals surface area contributed by atoms with Crippen molar-refractivity contribution in [2.45, 2.75) is 45.8 Å². The monoisotopic (exact) mass is 406 g/mol. The maximum atomic E-state index is 11.6. The topological polar surface area (TPSA) is 97.8 Å². The van der Waals surface area contributed by atoms with Crippen LogP contribution in [-0.4, -0.2) is 38.1 Å². The number of rotatable bonds is 5. The second kappa shape index (κ2) is 7.17. The standard InChI is InChI=1S/C22H26N6O2/c1-13-21-18(26-27(13)5)6-15(17-10-25-28(11-17)22(3,4)12-23)7-19(21)30-14(2)16-8-20(29)24-9-16/h6-7,10-11,14,16H,8-9H2,1-5H3,(H,24,29)/t14-,16?/m1/s1. The first-order chi connectivity index (χ1) is 14.2. The fourth-order valence-corrected chi connectivity index (χ4v) is 3.79. The zero-order chi connectivity index (χ0) is 21.6. The van der Waals surface area contributed by atoms with Crippen LogP contribution in [0.25, 0.3) is 22.0 Å². The molecule has 1 saturated heterocycles. The maximum absolute atomic E-state index is 11.6. The normalized spacial score (nSPS) is 17.7. The van der Waals surface area contributed by atoms with Crippen LogP contribution in [0.15, 0.2) is 24.5 Å². The summed E-state index contributed by atoms with van der Waals surface area (Å²) in [7, 11) is 1.91. The number of hydrogen-bond donors (Lipinski definition) is 1. The van der Waals surface area contributed by atoms with E-state index in [4.69, 9.17) is 4.74 Å². The lowest BCUT2D eigenvalue weighted by Crippen LogP contribution is -2.25. The predicted octanol–water partition coefficient (Wildman–Crippen LogP) is 2.91. The Labute approximate surface area is 175 Å². The maximum Gasteiger partial charge on any atom is 0.220 e. The van der Waals surface area contributed by atoms with Gasteiger partial charge in [-0.3, -0.25) is 14.2 Å². The summed E-state index contributed by atoms with van der Waals surface area (Å²) in [5.41, 5.74) is 2.92. The number of nitrogens with one attached hydrogen (secondary N) is 1. The highest BCUT2D eigenvalue weighted by atomic mass is 16.5. The molecule has 2 aromatic heterocycles. The zero-order valence-corrected chi connectivity index (χ0v) is 17.9. The molecule has 3 aromatic rings. The van der Waals surface area contributed by atoms with Gasteiger partial charge in [0.15, 0.2) is 0 Å². The van der Waals surface area contributed by atoms with Crippen LogP contribution in [-0.2, 0) is 17.4 Å².